The molecule has 3 rings (SSSR count). The van der Waals surface area contributed by atoms with E-state index in [1.165, 1.54) is 0 Å². The maximum atomic E-state index is 13.7. The number of sulfonamides is 1. The Bertz CT molecular complexity index is 1260. The van der Waals surface area contributed by atoms with Crippen molar-refractivity contribution in [1.82, 2.24) is 29.7 Å². The van der Waals surface area contributed by atoms with Crippen molar-refractivity contribution in [3.8, 4) is 11.4 Å². The lowest BCUT2D eigenvalue weighted by molar-refractivity contribution is 0.00152. The van der Waals surface area contributed by atoms with Crippen LogP contribution in [-0.2, 0) is 24.2 Å². The number of nitrogens with zero attached hydrogens (tertiary/aromatic N) is 6. The molecule has 0 aliphatic carbocycles. The Kier molecular flexibility index (Phi) is 9.65. The fourth-order valence-electron chi connectivity index (χ4n) is 3.77. The van der Waals surface area contributed by atoms with Gasteiger partial charge in [0.15, 0.2) is 11.6 Å². The van der Waals surface area contributed by atoms with Gasteiger partial charge in [0, 0.05) is 44.6 Å². The van der Waals surface area contributed by atoms with Gasteiger partial charge in [0.1, 0.15) is 11.4 Å². The van der Waals surface area contributed by atoms with Crippen molar-refractivity contribution < 1.29 is 22.6 Å². The highest BCUT2D eigenvalue weighted by Gasteiger charge is 2.36. The highest BCUT2D eigenvalue weighted by atomic mass is 32.2. The summed E-state index contributed by atoms with van der Waals surface area (Å²) in [6.45, 7) is 9.43. The molecule has 2 atom stereocenters. The predicted octanol–water partition coefficient (Wildman–Crippen LogP) is 2.88. The Morgan fingerprint density at radius 3 is 2.16 bits per heavy atom. The van der Waals surface area contributed by atoms with E-state index in [4.69, 9.17) is 14.2 Å². The molecular formula is C24H35N7O5S. The second-order valence-electron chi connectivity index (χ2n) is 9.11. The van der Waals surface area contributed by atoms with E-state index >= 15 is 0 Å². The summed E-state index contributed by atoms with van der Waals surface area (Å²) in [5.41, 5.74) is 2.45. The van der Waals surface area contributed by atoms with Crippen LogP contribution in [0.25, 0.3) is 11.4 Å². The summed E-state index contributed by atoms with van der Waals surface area (Å²) in [6.07, 6.45) is 5.45. The first-order valence-corrected chi connectivity index (χ1v) is 13.4. The molecule has 0 aromatic carbocycles. The average Bonchev–Trinajstić information content (AvgIpc) is 3.25. The molecule has 0 bridgehead atoms. The summed E-state index contributed by atoms with van der Waals surface area (Å²) in [5, 5.41) is 7.43. The highest BCUT2D eigenvalue weighted by molar-refractivity contribution is 7.93. The van der Waals surface area contributed by atoms with Crippen molar-refractivity contribution in [1.29, 1.82) is 0 Å². The van der Waals surface area contributed by atoms with Crippen molar-refractivity contribution in [3.63, 3.8) is 0 Å². The Morgan fingerprint density at radius 2 is 1.59 bits per heavy atom. The second-order valence-corrected chi connectivity index (χ2v) is 11.1. The maximum absolute atomic E-state index is 13.7. The molecule has 1 N–H and O–H groups in total. The number of anilines is 1. The summed E-state index contributed by atoms with van der Waals surface area (Å²) in [7, 11) is -0.939. The quantitative estimate of drug-likeness (QED) is 0.348. The van der Waals surface area contributed by atoms with E-state index in [-0.39, 0.29) is 31.1 Å². The van der Waals surface area contributed by atoms with Gasteiger partial charge < -0.3 is 14.2 Å². The number of ether oxygens (including phenoxy) is 3. The SMILES string of the molecule is COCC(COC)n1c(NS(=O)(=O)C(C)C(OC(C)C)c2ncc(C)cn2)nnc1-c1cncc(C)c1. The summed E-state index contributed by atoms with van der Waals surface area (Å²) >= 11 is 0. The van der Waals surface area contributed by atoms with Crippen LogP contribution in [0.1, 0.15) is 49.9 Å². The number of hydrogen-bond acceptors (Lipinski definition) is 10. The van der Waals surface area contributed by atoms with Gasteiger partial charge >= 0.3 is 0 Å². The van der Waals surface area contributed by atoms with Crippen molar-refractivity contribution in [2.45, 2.75) is 58.1 Å². The van der Waals surface area contributed by atoms with Gasteiger partial charge in [0.25, 0.3) is 0 Å². The molecule has 12 nitrogen and oxygen atoms in total. The van der Waals surface area contributed by atoms with Crippen LogP contribution < -0.4 is 4.72 Å². The minimum absolute atomic E-state index is 0.0237. The van der Waals surface area contributed by atoms with Crippen LogP contribution in [-0.4, -0.2) is 76.9 Å². The minimum Gasteiger partial charge on any atom is -0.382 e. The number of rotatable bonds is 13. The third-order valence-corrected chi connectivity index (χ3v) is 7.23. The van der Waals surface area contributed by atoms with Gasteiger partial charge in [-0.15, -0.1) is 10.2 Å². The lowest BCUT2D eigenvalue weighted by Gasteiger charge is -2.26. The standard InChI is InChI=1S/C24H35N7O5S/c1-15(2)36-21(22-26-10-17(4)11-27-22)18(5)37(32,33)30-24-29-28-23(19-8-16(3)9-25-12-19)31(24)20(13-34-6)14-35-7/h8-12,15,18,20-21H,13-14H2,1-7H3,(H,29,30). The Hall–Kier alpha value is -3.00. The summed E-state index contributed by atoms with van der Waals surface area (Å²) in [6, 6.07) is 1.48. The first-order valence-electron chi connectivity index (χ1n) is 11.9. The molecule has 0 spiro atoms. The zero-order valence-corrected chi connectivity index (χ0v) is 23.1. The summed E-state index contributed by atoms with van der Waals surface area (Å²) in [4.78, 5) is 12.9. The van der Waals surface area contributed by atoms with Gasteiger partial charge in [0.05, 0.1) is 25.4 Å². The zero-order valence-electron chi connectivity index (χ0n) is 22.2. The molecule has 0 saturated carbocycles. The number of nitrogens with one attached hydrogen (secondary N) is 1. The molecule has 3 aromatic rings. The van der Waals surface area contributed by atoms with Gasteiger partial charge in [-0.1, -0.05) is 0 Å². The summed E-state index contributed by atoms with van der Waals surface area (Å²) < 4.78 is 48.3. The number of methoxy groups -OCH3 is 2. The van der Waals surface area contributed by atoms with Crippen LogP contribution in [0.4, 0.5) is 5.95 Å². The smallest absolute Gasteiger partial charge is 0.240 e. The molecule has 0 aliphatic rings. The number of pyridine rings is 1. The van der Waals surface area contributed by atoms with E-state index in [9.17, 15) is 8.42 Å². The Morgan fingerprint density at radius 1 is 0.946 bits per heavy atom. The topological polar surface area (TPSA) is 143 Å². The molecule has 0 aliphatic heterocycles. The molecule has 2 unspecified atom stereocenters. The summed E-state index contributed by atoms with van der Waals surface area (Å²) in [5.74, 6) is 0.731. The first kappa shape index (κ1) is 28.6. The van der Waals surface area contributed by atoms with Gasteiger partial charge in [-0.2, -0.15) is 0 Å². The zero-order chi connectivity index (χ0) is 27.2. The maximum Gasteiger partial charge on any atom is 0.240 e. The lowest BCUT2D eigenvalue weighted by Crippen LogP contribution is -2.35. The average molecular weight is 534 g/mol. The first-order chi connectivity index (χ1) is 17.6. The predicted molar refractivity (Wildman–Crippen MR) is 139 cm³/mol. The van der Waals surface area contributed by atoms with Crippen molar-refractivity contribution >= 4 is 16.0 Å². The molecule has 202 valence electrons. The van der Waals surface area contributed by atoms with Gasteiger partial charge in [-0.05, 0) is 51.8 Å². The fraction of sp³-hybridized carbons (Fsp3) is 0.542. The van der Waals surface area contributed by atoms with E-state index < -0.39 is 27.4 Å². The number of aromatic nitrogens is 6. The molecule has 3 heterocycles. The molecular weight excluding hydrogens is 498 g/mol. The third kappa shape index (κ3) is 7.06. The van der Waals surface area contributed by atoms with E-state index in [2.05, 4.69) is 29.9 Å². The Balaban J connectivity index is 2.04. The van der Waals surface area contributed by atoms with Crippen molar-refractivity contribution in [2.75, 3.05) is 32.2 Å². The molecule has 0 saturated heterocycles. The van der Waals surface area contributed by atoms with Crippen LogP contribution in [0, 0.1) is 13.8 Å². The third-order valence-electron chi connectivity index (χ3n) is 5.54. The largest absolute Gasteiger partial charge is 0.382 e. The normalized spacial score (nSPS) is 13.8. The lowest BCUT2D eigenvalue weighted by atomic mass is 10.2. The van der Waals surface area contributed by atoms with Crippen molar-refractivity contribution in [2.24, 2.45) is 0 Å². The molecule has 0 amide bonds. The molecule has 37 heavy (non-hydrogen) atoms. The van der Waals surface area contributed by atoms with E-state index in [1.807, 2.05) is 33.8 Å². The monoisotopic (exact) mass is 533 g/mol. The van der Waals surface area contributed by atoms with Crippen LogP contribution >= 0.6 is 0 Å². The van der Waals surface area contributed by atoms with Crippen molar-refractivity contribution in [3.05, 3.63) is 47.8 Å². The molecule has 3 aromatic heterocycles. The van der Waals surface area contributed by atoms with E-state index in [1.54, 1.807) is 50.5 Å². The Labute approximate surface area is 217 Å². The van der Waals surface area contributed by atoms with Gasteiger partial charge in [0.2, 0.25) is 16.0 Å². The highest BCUT2D eigenvalue weighted by Crippen LogP contribution is 2.30. The second kappa shape index (κ2) is 12.5. The van der Waals surface area contributed by atoms with Gasteiger partial charge in [-0.3, -0.25) is 14.3 Å². The molecule has 0 radical (unpaired) electrons. The van der Waals surface area contributed by atoms with Crippen LogP contribution in [0.15, 0.2) is 30.9 Å². The fourth-order valence-corrected chi connectivity index (χ4v) is 4.86. The number of aryl methyl sites for hydroxylation is 2. The number of hydrogen-bond donors (Lipinski definition) is 1. The molecule has 0 fully saturated rings. The van der Waals surface area contributed by atoms with Crippen LogP contribution in [0.2, 0.25) is 0 Å². The molecule has 13 heteroatoms. The minimum atomic E-state index is -4.05. The van der Waals surface area contributed by atoms with Gasteiger partial charge in [-0.25, -0.2) is 18.4 Å². The van der Waals surface area contributed by atoms with Crippen LogP contribution in [0.3, 0.4) is 0 Å². The van der Waals surface area contributed by atoms with E-state index in [0.717, 1.165) is 11.1 Å². The van der Waals surface area contributed by atoms with E-state index in [0.29, 0.717) is 11.4 Å². The van der Waals surface area contributed by atoms with Crippen LogP contribution in [0.5, 0.6) is 0 Å².